The number of hydrogen-bond acceptors (Lipinski definition) is 7. The molecule has 1 saturated heterocycles. The molecule has 1 aliphatic heterocycles. The van der Waals surface area contributed by atoms with E-state index >= 15 is 0 Å². The van der Waals surface area contributed by atoms with E-state index in [1.54, 1.807) is 18.6 Å². The molecule has 0 unspecified atom stereocenters. The lowest BCUT2D eigenvalue weighted by atomic mass is 10.1. The van der Waals surface area contributed by atoms with Crippen LogP contribution in [-0.2, 0) is 0 Å². The van der Waals surface area contributed by atoms with Gasteiger partial charge in [0, 0.05) is 18.5 Å². The van der Waals surface area contributed by atoms with Crippen molar-refractivity contribution in [2.45, 2.75) is 56.3 Å². The number of nitrogens with zero attached hydrogens (tertiary/aromatic N) is 5. The number of nitrogens with one attached hydrogen (secondary N) is 2. The lowest BCUT2D eigenvalue weighted by Gasteiger charge is -2.27. The fraction of sp³-hybridized carbons (Fsp3) is 0.524. The van der Waals surface area contributed by atoms with Gasteiger partial charge in [-0.05, 0) is 38.6 Å². The third kappa shape index (κ3) is 3.47. The molecule has 9 heteroatoms. The fourth-order valence-corrected chi connectivity index (χ4v) is 3.90. The van der Waals surface area contributed by atoms with Crippen molar-refractivity contribution in [1.29, 1.82) is 0 Å². The van der Waals surface area contributed by atoms with Crippen molar-refractivity contribution in [2.24, 2.45) is 0 Å². The van der Waals surface area contributed by atoms with E-state index in [1.165, 1.54) is 0 Å². The summed E-state index contributed by atoms with van der Waals surface area (Å²) in [6, 6.07) is 1.67. The zero-order valence-electron chi connectivity index (χ0n) is 16.6. The molecule has 3 fully saturated rings. The summed E-state index contributed by atoms with van der Waals surface area (Å²) >= 11 is 0. The van der Waals surface area contributed by atoms with Crippen LogP contribution in [0.5, 0.6) is 5.75 Å². The molecule has 0 bridgehead atoms. The van der Waals surface area contributed by atoms with Crippen LogP contribution in [0.1, 0.15) is 43.7 Å². The fourth-order valence-electron chi connectivity index (χ4n) is 3.90. The van der Waals surface area contributed by atoms with Gasteiger partial charge in [0.2, 0.25) is 0 Å². The van der Waals surface area contributed by atoms with Gasteiger partial charge in [0.1, 0.15) is 34.8 Å². The average molecular weight is 409 g/mol. The van der Waals surface area contributed by atoms with E-state index in [0.29, 0.717) is 43.0 Å². The van der Waals surface area contributed by atoms with Crippen molar-refractivity contribution in [1.82, 2.24) is 29.9 Å². The van der Waals surface area contributed by atoms with Crippen LogP contribution in [0.3, 0.4) is 0 Å². The number of piperidine rings is 1. The summed E-state index contributed by atoms with van der Waals surface area (Å²) < 4.78 is 22.1. The second-order valence-electron chi connectivity index (χ2n) is 8.45. The van der Waals surface area contributed by atoms with Gasteiger partial charge < -0.3 is 15.4 Å². The van der Waals surface area contributed by atoms with Crippen LogP contribution in [0.2, 0.25) is 0 Å². The molecule has 30 heavy (non-hydrogen) atoms. The molecule has 4 heterocycles. The number of imidazole rings is 1. The third-order valence-corrected chi connectivity index (χ3v) is 5.89. The first kappa shape index (κ1) is 18.0. The van der Waals surface area contributed by atoms with E-state index in [4.69, 9.17) is 9.84 Å². The first-order valence-corrected chi connectivity index (χ1v) is 10.7. The van der Waals surface area contributed by atoms with Crippen LogP contribution < -0.4 is 15.4 Å². The number of alkyl halides is 1. The first-order valence-electron chi connectivity index (χ1n) is 10.7. The van der Waals surface area contributed by atoms with Gasteiger partial charge in [0.15, 0.2) is 5.65 Å². The number of rotatable bonds is 6. The minimum Gasteiger partial charge on any atom is -0.488 e. The molecule has 3 aromatic heterocycles. The van der Waals surface area contributed by atoms with E-state index in [0.717, 1.165) is 48.5 Å². The number of hydrogen-bond donors (Lipinski definition) is 2. The Kier molecular flexibility index (Phi) is 4.29. The molecule has 2 N–H and O–H groups in total. The Morgan fingerprint density at radius 3 is 2.83 bits per heavy atom. The van der Waals surface area contributed by atoms with Crippen LogP contribution in [0.25, 0.3) is 17.0 Å². The van der Waals surface area contributed by atoms with Crippen molar-refractivity contribution >= 4 is 11.5 Å². The predicted molar refractivity (Wildman–Crippen MR) is 109 cm³/mol. The molecular formula is C21H24FN7O. The van der Waals surface area contributed by atoms with Gasteiger partial charge in [-0.15, -0.1) is 0 Å². The number of ether oxygens (including phenoxy) is 1. The second kappa shape index (κ2) is 7.16. The highest BCUT2D eigenvalue weighted by molar-refractivity contribution is 5.61. The van der Waals surface area contributed by atoms with E-state index in [-0.39, 0.29) is 6.04 Å². The van der Waals surface area contributed by atoms with Crippen molar-refractivity contribution < 1.29 is 9.13 Å². The van der Waals surface area contributed by atoms with Gasteiger partial charge in [-0.3, -0.25) is 4.98 Å². The lowest BCUT2D eigenvalue weighted by Crippen LogP contribution is -2.46. The normalized spacial score (nSPS) is 24.2. The lowest BCUT2D eigenvalue weighted by molar-refractivity contribution is 0.241. The molecule has 0 aromatic carbocycles. The van der Waals surface area contributed by atoms with Crippen LogP contribution >= 0.6 is 0 Å². The van der Waals surface area contributed by atoms with Gasteiger partial charge >= 0.3 is 0 Å². The number of aromatic nitrogens is 5. The monoisotopic (exact) mass is 409 g/mol. The Labute approximate surface area is 173 Å². The minimum absolute atomic E-state index is 0.313. The predicted octanol–water partition coefficient (Wildman–Crippen LogP) is 2.72. The van der Waals surface area contributed by atoms with Crippen molar-refractivity contribution in [3.63, 3.8) is 0 Å². The standard InChI is InChI=1S/C21H24FN7O/c22-14-5-6-23-8-15(14)26-19-11-24-9-16(27-19)17-10-25-20-7-18(30-13-3-4-13)21(12-1-2-12)28-29(17)20/h7,9-15,23H,1-6,8H2,(H,26,27)/t14-,15-/m0/s1. The van der Waals surface area contributed by atoms with Crippen LogP contribution in [0, 0.1) is 0 Å². The molecule has 3 aliphatic rings. The molecule has 2 aliphatic carbocycles. The van der Waals surface area contributed by atoms with Crippen molar-refractivity contribution in [3.8, 4) is 17.1 Å². The second-order valence-corrected chi connectivity index (χ2v) is 8.45. The molecule has 3 aromatic rings. The molecule has 156 valence electrons. The molecule has 6 rings (SSSR count). The molecular weight excluding hydrogens is 385 g/mol. The van der Waals surface area contributed by atoms with E-state index in [1.807, 2.05) is 10.6 Å². The maximum Gasteiger partial charge on any atom is 0.157 e. The van der Waals surface area contributed by atoms with Gasteiger partial charge in [-0.1, -0.05) is 0 Å². The SMILES string of the molecule is F[C@H]1CCNC[C@@H]1Nc1cncc(-c2cnc3cc(OC4CC4)c(C4CC4)nn23)n1. The van der Waals surface area contributed by atoms with Crippen LogP contribution in [0.4, 0.5) is 10.2 Å². The van der Waals surface area contributed by atoms with Gasteiger partial charge in [-0.25, -0.2) is 18.9 Å². The number of fused-ring (bicyclic) bond motifs is 1. The highest BCUT2D eigenvalue weighted by atomic mass is 19.1. The first-order chi connectivity index (χ1) is 14.7. The summed E-state index contributed by atoms with van der Waals surface area (Å²) in [5.41, 5.74) is 3.14. The van der Waals surface area contributed by atoms with Gasteiger partial charge in [0.05, 0.1) is 30.7 Å². The molecule has 2 atom stereocenters. The largest absolute Gasteiger partial charge is 0.488 e. The summed E-state index contributed by atoms with van der Waals surface area (Å²) in [5.74, 6) is 1.87. The van der Waals surface area contributed by atoms with E-state index in [9.17, 15) is 4.39 Å². The summed E-state index contributed by atoms with van der Waals surface area (Å²) in [6.45, 7) is 1.27. The summed E-state index contributed by atoms with van der Waals surface area (Å²) in [5, 5.41) is 11.3. The molecule has 2 saturated carbocycles. The average Bonchev–Trinajstić information content (AvgIpc) is 3.68. The van der Waals surface area contributed by atoms with Crippen molar-refractivity contribution in [3.05, 3.63) is 30.4 Å². The maximum atomic E-state index is 14.2. The Morgan fingerprint density at radius 1 is 1.13 bits per heavy atom. The van der Waals surface area contributed by atoms with Crippen LogP contribution in [-0.4, -0.2) is 56.0 Å². The smallest absolute Gasteiger partial charge is 0.157 e. The minimum atomic E-state index is -0.903. The third-order valence-electron chi connectivity index (χ3n) is 5.89. The molecule has 0 radical (unpaired) electrons. The molecule has 8 nitrogen and oxygen atoms in total. The van der Waals surface area contributed by atoms with Crippen molar-refractivity contribution in [2.75, 3.05) is 18.4 Å². The Balaban J connectivity index is 1.33. The number of anilines is 1. The zero-order chi connectivity index (χ0) is 20.1. The summed E-state index contributed by atoms with van der Waals surface area (Å²) in [6.07, 6.45) is 9.49. The maximum absolute atomic E-state index is 14.2. The molecule has 0 amide bonds. The van der Waals surface area contributed by atoms with Gasteiger partial charge in [0.25, 0.3) is 0 Å². The quantitative estimate of drug-likeness (QED) is 0.647. The highest BCUT2D eigenvalue weighted by Crippen LogP contribution is 2.44. The zero-order valence-corrected chi connectivity index (χ0v) is 16.6. The Morgan fingerprint density at radius 2 is 2.03 bits per heavy atom. The summed E-state index contributed by atoms with van der Waals surface area (Å²) in [4.78, 5) is 13.5. The number of halogens is 1. The van der Waals surface area contributed by atoms with Crippen LogP contribution in [0.15, 0.2) is 24.7 Å². The van der Waals surface area contributed by atoms with Gasteiger partial charge in [-0.2, -0.15) is 5.10 Å². The van der Waals surface area contributed by atoms with E-state index in [2.05, 4.69) is 25.6 Å². The Bertz CT molecular complexity index is 1080. The highest BCUT2D eigenvalue weighted by Gasteiger charge is 2.33. The molecule has 0 spiro atoms. The topological polar surface area (TPSA) is 89.3 Å². The summed E-state index contributed by atoms with van der Waals surface area (Å²) in [7, 11) is 0. The Hall–Kier alpha value is -2.81. The van der Waals surface area contributed by atoms with E-state index < -0.39 is 6.17 Å².